The molecule has 0 bridgehead atoms. The summed E-state index contributed by atoms with van der Waals surface area (Å²) in [6, 6.07) is 2.09. The van der Waals surface area contributed by atoms with Crippen LogP contribution in [0.3, 0.4) is 0 Å². The van der Waals surface area contributed by atoms with Gasteiger partial charge in [0, 0.05) is 11.6 Å². The van der Waals surface area contributed by atoms with Gasteiger partial charge in [0.05, 0.1) is 5.69 Å². The molecule has 0 saturated heterocycles. The third-order valence-corrected chi connectivity index (χ3v) is 1.97. The second-order valence-electron chi connectivity index (χ2n) is 3.19. The van der Waals surface area contributed by atoms with Crippen molar-refractivity contribution in [2.75, 3.05) is 19.3 Å². The molecule has 0 saturated carbocycles. The molecule has 82 valence electrons. The van der Waals surface area contributed by atoms with Crippen molar-refractivity contribution < 1.29 is 8.78 Å². The van der Waals surface area contributed by atoms with Crippen LogP contribution in [0.4, 0.5) is 14.5 Å². The smallest absolute Gasteiger partial charge is 0.149 e. The van der Waals surface area contributed by atoms with Crippen molar-refractivity contribution in [2.45, 2.75) is 6.42 Å². The molecule has 0 unspecified atom stereocenters. The van der Waals surface area contributed by atoms with E-state index in [0.29, 0.717) is 5.56 Å². The predicted molar refractivity (Wildman–Crippen MR) is 58.3 cm³/mol. The summed E-state index contributed by atoms with van der Waals surface area (Å²) in [7, 11) is 1.84. The van der Waals surface area contributed by atoms with E-state index in [1.165, 1.54) is 6.07 Å². The van der Waals surface area contributed by atoms with Crippen LogP contribution in [0.5, 0.6) is 0 Å². The van der Waals surface area contributed by atoms with E-state index in [1.54, 1.807) is 6.08 Å². The summed E-state index contributed by atoms with van der Waals surface area (Å²) in [5.74, 6) is -1.32. The first-order chi connectivity index (χ1) is 7.15. The van der Waals surface area contributed by atoms with Crippen LogP contribution in [-0.4, -0.2) is 13.6 Å². The fourth-order valence-corrected chi connectivity index (χ4v) is 1.15. The maximum Gasteiger partial charge on any atom is 0.149 e. The molecule has 2 nitrogen and oxygen atoms in total. The van der Waals surface area contributed by atoms with Gasteiger partial charge in [-0.2, -0.15) is 0 Å². The average Bonchev–Trinajstić information content (AvgIpc) is 2.20. The Hall–Kier alpha value is -1.42. The Kier molecular flexibility index (Phi) is 4.24. The second-order valence-corrected chi connectivity index (χ2v) is 3.19. The Morgan fingerprint density at radius 1 is 1.33 bits per heavy atom. The van der Waals surface area contributed by atoms with Crippen molar-refractivity contribution in [1.82, 2.24) is 5.32 Å². The predicted octanol–water partition coefficient (Wildman–Crippen LogP) is 2.17. The van der Waals surface area contributed by atoms with Gasteiger partial charge in [-0.15, -0.1) is 0 Å². The monoisotopic (exact) mass is 212 g/mol. The first kappa shape index (κ1) is 11.7. The van der Waals surface area contributed by atoms with Crippen molar-refractivity contribution in [2.24, 2.45) is 0 Å². The highest BCUT2D eigenvalue weighted by molar-refractivity contribution is 5.56. The lowest BCUT2D eigenvalue weighted by Gasteiger charge is -2.00. The van der Waals surface area contributed by atoms with Crippen LogP contribution < -0.4 is 11.1 Å². The first-order valence-electron chi connectivity index (χ1n) is 4.71. The summed E-state index contributed by atoms with van der Waals surface area (Å²) in [5.41, 5.74) is 5.60. The zero-order valence-electron chi connectivity index (χ0n) is 8.56. The van der Waals surface area contributed by atoms with Crippen LogP contribution >= 0.6 is 0 Å². The van der Waals surface area contributed by atoms with Crippen LogP contribution in [-0.2, 0) is 0 Å². The van der Waals surface area contributed by atoms with Gasteiger partial charge in [-0.05, 0) is 26.1 Å². The molecule has 0 radical (unpaired) electrons. The fraction of sp³-hybridized carbons (Fsp3) is 0.273. The molecule has 4 heteroatoms. The molecular formula is C11H14F2N2. The molecular weight excluding hydrogens is 198 g/mol. The quantitative estimate of drug-likeness (QED) is 0.593. The van der Waals surface area contributed by atoms with Gasteiger partial charge in [-0.3, -0.25) is 0 Å². The highest BCUT2D eigenvalue weighted by atomic mass is 19.1. The van der Waals surface area contributed by atoms with E-state index in [9.17, 15) is 8.78 Å². The Balaban J connectivity index is 2.77. The maximum absolute atomic E-state index is 13.2. The van der Waals surface area contributed by atoms with Gasteiger partial charge in [-0.1, -0.05) is 12.2 Å². The lowest BCUT2D eigenvalue weighted by molar-refractivity contribution is 0.584. The minimum Gasteiger partial charge on any atom is -0.396 e. The lowest BCUT2D eigenvalue weighted by atomic mass is 10.1. The van der Waals surface area contributed by atoms with Gasteiger partial charge in [0.15, 0.2) is 0 Å². The zero-order chi connectivity index (χ0) is 11.3. The summed E-state index contributed by atoms with van der Waals surface area (Å²) in [5, 5.41) is 2.96. The summed E-state index contributed by atoms with van der Waals surface area (Å²) in [6.45, 7) is 0.814. The van der Waals surface area contributed by atoms with Crippen LogP contribution in [0.15, 0.2) is 18.2 Å². The molecule has 0 aliphatic carbocycles. The minimum absolute atomic E-state index is 0.0373. The molecule has 3 N–H and O–H groups in total. The largest absolute Gasteiger partial charge is 0.396 e. The van der Waals surface area contributed by atoms with Gasteiger partial charge in [-0.25, -0.2) is 8.78 Å². The van der Waals surface area contributed by atoms with Crippen molar-refractivity contribution in [3.8, 4) is 0 Å². The Morgan fingerprint density at radius 2 is 2.07 bits per heavy atom. The maximum atomic E-state index is 13.2. The molecule has 0 atom stereocenters. The lowest BCUT2D eigenvalue weighted by Crippen LogP contribution is -2.05. The van der Waals surface area contributed by atoms with E-state index in [0.717, 1.165) is 19.0 Å². The number of benzene rings is 1. The van der Waals surface area contributed by atoms with E-state index in [2.05, 4.69) is 5.32 Å². The number of hydrogen-bond donors (Lipinski definition) is 2. The van der Waals surface area contributed by atoms with Crippen molar-refractivity contribution in [1.29, 1.82) is 0 Å². The van der Waals surface area contributed by atoms with Crippen molar-refractivity contribution >= 4 is 11.8 Å². The van der Waals surface area contributed by atoms with Gasteiger partial charge >= 0.3 is 0 Å². The molecule has 0 heterocycles. The molecule has 0 aromatic heterocycles. The summed E-state index contributed by atoms with van der Waals surface area (Å²) >= 11 is 0. The van der Waals surface area contributed by atoms with Crippen LogP contribution in [0.1, 0.15) is 12.0 Å². The van der Waals surface area contributed by atoms with E-state index in [4.69, 9.17) is 5.73 Å². The van der Waals surface area contributed by atoms with Crippen LogP contribution in [0, 0.1) is 11.6 Å². The topological polar surface area (TPSA) is 38.0 Å². The minimum atomic E-state index is -0.722. The van der Waals surface area contributed by atoms with E-state index >= 15 is 0 Å². The number of halogens is 2. The number of hydrogen-bond acceptors (Lipinski definition) is 2. The second kappa shape index (κ2) is 5.46. The molecule has 0 aliphatic rings. The molecule has 0 fully saturated rings. The summed E-state index contributed by atoms with van der Waals surface area (Å²) < 4.78 is 26.0. The van der Waals surface area contributed by atoms with Crippen LogP contribution in [0.2, 0.25) is 0 Å². The van der Waals surface area contributed by atoms with E-state index < -0.39 is 11.6 Å². The van der Waals surface area contributed by atoms with E-state index in [1.807, 2.05) is 13.1 Å². The Morgan fingerprint density at radius 3 is 2.73 bits per heavy atom. The number of nitrogens with two attached hydrogens (primary N) is 1. The van der Waals surface area contributed by atoms with Crippen molar-refractivity contribution in [3.63, 3.8) is 0 Å². The van der Waals surface area contributed by atoms with Crippen LogP contribution in [0.25, 0.3) is 6.08 Å². The Labute approximate surface area is 87.8 Å². The third kappa shape index (κ3) is 3.32. The first-order valence-corrected chi connectivity index (χ1v) is 4.71. The van der Waals surface area contributed by atoms with Crippen molar-refractivity contribution in [3.05, 3.63) is 35.4 Å². The van der Waals surface area contributed by atoms with Gasteiger partial charge < -0.3 is 11.1 Å². The molecule has 0 aliphatic heterocycles. The molecule has 0 amide bonds. The molecule has 1 rings (SSSR count). The highest BCUT2D eigenvalue weighted by Gasteiger charge is 2.04. The van der Waals surface area contributed by atoms with Gasteiger partial charge in [0.25, 0.3) is 0 Å². The summed E-state index contributed by atoms with van der Waals surface area (Å²) in [6.07, 6.45) is 4.20. The third-order valence-electron chi connectivity index (χ3n) is 1.97. The van der Waals surface area contributed by atoms with Gasteiger partial charge in [0.1, 0.15) is 11.6 Å². The number of nitrogen functional groups attached to an aromatic ring is 1. The standard InChI is InChI=1S/C11H14F2N2/c1-15-5-3-2-4-8-6-11(14)10(13)7-9(8)12/h2,4,6-7,15H,3,5,14H2,1H3. The number of rotatable bonds is 4. The molecule has 1 aromatic carbocycles. The Bertz CT molecular complexity index is 362. The molecule has 0 spiro atoms. The highest BCUT2D eigenvalue weighted by Crippen LogP contribution is 2.17. The molecule has 15 heavy (non-hydrogen) atoms. The normalized spacial score (nSPS) is 11.1. The number of anilines is 1. The summed E-state index contributed by atoms with van der Waals surface area (Å²) in [4.78, 5) is 0. The van der Waals surface area contributed by atoms with Gasteiger partial charge in [0.2, 0.25) is 0 Å². The number of nitrogens with one attached hydrogen (secondary N) is 1. The SMILES string of the molecule is CNCCC=Cc1cc(N)c(F)cc1F. The fourth-order valence-electron chi connectivity index (χ4n) is 1.15. The van der Waals surface area contributed by atoms with E-state index in [-0.39, 0.29) is 5.69 Å². The zero-order valence-corrected chi connectivity index (χ0v) is 8.56. The molecule has 1 aromatic rings. The average molecular weight is 212 g/mol.